The Morgan fingerprint density at radius 3 is 2.12 bits per heavy atom. The molecule has 34 heavy (non-hydrogen) atoms. The average molecular weight is 485 g/mol. The number of nitrogens with zero attached hydrogens (tertiary/aromatic N) is 2. The lowest BCUT2D eigenvalue weighted by Gasteiger charge is -2.35. The molecule has 1 saturated heterocycles. The van der Waals surface area contributed by atoms with Crippen molar-refractivity contribution in [1.29, 1.82) is 0 Å². The first-order valence-corrected chi connectivity index (χ1v) is 12.3. The number of halogens is 1. The minimum atomic E-state index is -0.231. The van der Waals surface area contributed by atoms with E-state index >= 15 is 0 Å². The Labute approximate surface area is 209 Å². The van der Waals surface area contributed by atoms with Crippen molar-refractivity contribution in [1.82, 2.24) is 9.80 Å². The Morgan fingerprint density at radius 2 is 1.59 bits per heavy atom. The van der Waals surface area contributed by atoms with Crippen molar-refractivity contribution in [3.63, 3.8) is 0 Å². The summed E-state index contributed by atoms with van der Waals surface area (Å²) in [4.78, 5) is 29.1. The maximum atomic E-state index is 12.9. The predicted molar refractivity (Wildman–Crippen MR) is 138 cm³/mol. The van der Waals surface area contributed by atoms with E-state index in [-0.39, 0.29) is 23.3 Å². The second-order valence-corrected chi connectivity index (χ2v) is 11.6. The van der Waals surface area contributed by atoms with Crippen LogP contribution in [-0.2, 0) is 22.2 Å². The third-order valence-corrected chi connectivity index (χ3v) is 6.56. The molecule has 6 heteroatoms. The first-order chi connectivity index (χ1) is 15.9. The summed E-state index contributed by atoms with van der Waals surface area (Å²) in [6.07, 6.45) is 0.833. The van der Waals surface area contributed by atoms with Crippen LogP contribution in [0.1, 0.15) is 68.6 Å². The van der Waals surface area contributed by atoms with Crippen molar-refractivity contribution >= 4 is 23.8 Å². The quantitative estimate of drug-likeness (QED) is 0.510. The van der Waals surface area contributed by atoms with E-state index in [1.165, 1.54) is 5.56 Å². The Morgan fingerprint density at radius 1 is 0.971 bits per heavy atom. The maximum absolute atomic E-state index is 12.9. The number of carbonyl (C=O) groups excluding carboxylic acids is 2. The molecular weight excluding hydrogens is 448 g/mol. The summed E-state index contributed by atoms with van der Waals surface area (Å²) < 4.78 is 6.05. The number of ether oxygens (including phenoxy) is 1. The maximum Gasteiger partial charge on any atom is 0.260 e. The van der Waals surface area contributed by atoms with E-state index in [0.29, 0.717) is 24.4 Å². The summed E-state index contributed by atoms with van der Waals surface area (Å²) in [6.45, 7) is 16.4. The van der Waals surface area contributed by atoms with Gasteiger partial charge in [0.2, 0.25) is 0 Å². The summed E-state index contributed by atoms with van der Waals surface area (Å²) in [5, 5.41) is 0.736. The molecular formula is C28H37ClN2O3. The number of piperazine rings is 1. The number of aldehydes is 1. The van der Waals surface area contributed by atoms with E-state index < -0.39 is 0 Å². The molecule has 184 valence electrons. The molecule has 2 aromatic rings. The van der Waals surface area contributed by atoms with Crippen LogP contribution in [0.3, 0.4) is 0 Å². The summed E-state index contributed by atoms with van der Waals surface area (Å²) in [5.74, 6) is 0.466. The number of amides is 1. The number of carbonyl (C=O) groups is 2. The minimum absolute atomic E-state index is 0.0530. The molecule has 0 aromatic heterocycles. The van der Waals surface area contributed by atoms with Gasteiger partial charge in [-0.05, 0) is 40.2 Å². The van der Waals surface area contributed by atoms with Crippen LogP contribution < -0.4 is 4.74 Å². The van der Waals surface area contributed by atoms with Crippen LogP contribution in [0.2, 0.25) is 5.02 Å². The lowest BCUT2D eigenvalue weighted by atomic mass is 9.79. The van der Waals surface area contributed by atoms with Crippen LogP contribution in [0.4, 0.5) is 0 Å². The molecule has 1 aliphatic rings. The van der Waals surface area contributed by atoms with Crippen LogP contribution >= 0.6 is 11.6 Å². The molecule has 1 heterocycles. The summed E-state index contributed by atoms with van der Waals surface area (Å²) >= 11 is 5.97. The van der Waals surface area contributed by atoms with E-state index in [9.17, 15) is 9.59 Å². The second kappa shape index (κ2) is 10.5. The van der Waals surface area contributed by atoms with Gasteiger partial charge in [0.25, 0.3) is 5.91 Å². The molecule has 0 radical (unpaired) electrons. The fraction of sp³-hybridized carbons (Fsp3) is 0.500. The van der Waals surface area contributed by atoms with E-state index in [4.69, 9.17) is 16.3 Å². The van der Waals surface area contributed by atoms with Gasteiger partial charge >= 0.3 is 0 Å². The summed E-state index contributed by atoms with van der Waals surface area (Å²) in [5.41, 5.74) is 3.40. The zero-order valence-electron chi connectivity index (χ0n) is 21.3. The fourth-order valence-corrected chi connectivity index (χ4v) is 4.24. The van der Waals surface area contributed by atoms with E-state index in [1.807, 2.05) is 35.2 Å². The summed E-state index contributed by atoms with van der Waals surface area (Å²) in [6, 6.07) is 11.9. The zero-order valence-corrected chi connectivity index (χ0v) is 22.0. The van der Waals surface area contributed by atoms with Gasteiger partial charge in [-0.2, -0.15) is 0 Å². The van der Waals surface area contributed by atoms with Crippen molar-refractivity contribution in [3.05, 3.63) is 63.7 Å². The van der Waals surface area contributed by atoms with Crippen LogP contribution in [0.25, 0.3) is 0 Å². The molecule has 1 amide bonds. The van der Waals surface area contributed by atoms with Gasteiger partial charge in [-0.1, -0.05) is 71.3 Å². The summed E-state index contributed by atoms with van der Waals surface area (Å²) in [7, 11) is 0. The van der Waals surface area contributed by atoms with Gasteiger partial charge in [0.15, 0.2) is 12.9 Å². The largest absolute Gasteiger partial charge is 0.483 e. The van der Waals surface area contributed by atoms with Gasteiger partial charge in [-0.3, -0.25) is 14.5 Å². The van der Waals surface area contributed by atoms with Gasteiger partial charge in [-0.15, -0.1) is 0 Å². The molecule has 0 aliphatic carbocycles. The van der Waals surface area contributed by atoms with E-state index in [2.05, 4.69) is 52.5 Å². The molecule has 2 aromatic carbocycles. The average Bonchev–Trinajstić information content (AvgIpc) is 2.77. The van der Waals surface area contributed by atoms with Crippen molar-refractivity contribution < 1.29 is 14.3 Å². The van der Waals surface area contributed by atoms with Crippen molar-refractivity contribution in [2.75, 3.05) is 32.8 Å². The predicted octanol–water partition coefficient (Wildman–Crippen LogP) is 5.47. The molecule has 0 atom stereocenters. The van der Waals surface area contributed by atoms with Crippen LogP contribution in [0.5, 0.6) is 5.75 Å². The van der Waals surface area contributed by atoms with Crippen LogP contribution in [0, 0.1) is 0 Å². The molecule has 0 bridgehead atoms. The van der Waals surface area contributed by atoms with Crippen molar-refractivity contribution in [2.45, 2.75) is 58.9 Å². The highest BCUT2D eigenvalue weighted by molar-refractivity contribution is 6.30. The van der Waals surface area contributed by atoms with Crippen molar-refractivity contribution in [3.8, 4) is 5.75 Å². The van der Waals surface area contributed by atoms with Gasteiger partial charge in [-0.25, -0.2) is 0 Å². The highest BCUT2D eigenvalue weighted by Crippen LogP contribution is 2.38. The van der Waals surface area contributed by atoms with Crippen LogP contribution in [0.15, 0.2) is 36.4 Å². The van der Waals surface area contributed by atoms with Gasteiger partial charge in [0.1, 0.15) is 5.75 Å². The van der Waals surface area contributed by atoms with Crippen molar-refractivity contribution in [2.24, 2.45) is 0 Å². The number of hydrogen-bond acceptors (Lipinski definition) is 4. The standard InChI is InChI=1S/C28H37ClN2O3/c1-27(2,3)22-15-21(18-32)26(24(16-22)28(4,5)6)34-19-25(33)31-13-11-30(12-14-31)17-20-7-9-23(29)10-8-20/h7-10,15-16,18H,11-14,17,19H2,1-6H3. The SMILES string of the molecule is CC(C)(C)c1cc(C=O)c(OCC(=O)N2CCN(Cc3ccc(Cl)cc3)CC2)c(C(C)(C)C)c1. The van der Waals surface area contributed by atoms with E-state index in [0.717, 1.165) is 42.1 Å². The fourth-order valence-electron chi connectivity index (χ4n) is 4.12. The lowest BCUT2D eigenvalue weighted by Crippen LogP contribution is -2.49. The molecule has 5 nitrogen and oxygen atoms in total. The molecule has 0 saturated carbocycles. The zero-order chi connectivity index (χ0) is 25.1. The molecule has 0 N–H and O–H groups in total. The Kier molecular flexibility index (Phi) is 8.10. The number of rotatable bonds is 6. The smallest absolute Gasteiger partial charge is 0.260 e. The monoisotopic (exact) mass is 484 g/mol. The number of hydrogen-bond donors (Lipinski definition) is 0. The molecule has 3 rings (SSSR count). The first kappa shape index (κ1) is 26.2. The first-order valence-electron chi connectivity index (χ1n) is 11.9. The minimum Gasteiger partial charge on any atom is -0.483 e. The molecule has 1 fully saturated rings. The molecule has 1 aliphatic heterocycles. The van der Waals surface area contributed by atoms with Gasteiger partial charge < -0.3 is 9.64 Å². The highest BCUT2D eigenvalue weighted by Gasteiger charge is 2.27. The Balaban J connectivity index is 1.65. The highest BCUT2D eigenvalue weighted by atomic mass is 35.5. The third-order valence-electron chi connectivity index (χ3n) is 6.30. The van der Waals surface area contributed by atoms with Gasteiger partial charge in [0, 0.05) is 43.3 Å². The van der Waals surface area contributed by atoms with Gasteiger partial charge in [0.05, 0.1) is 5.56 Å². The molecule has 0 unspecified atom stereocenters. The Bertz CT molecular complexity index is 1010. The normalized spacial score (nSPS) is 15.3. The van der Waals surface area contributed by atoms with E-state index in [1.54, 1.807) is 0 Å². The molecule has 0 spiro atoms. The lowest BCUT2D eigenvalue weighted by molar-refractivity contribution is -0.135. The Hall–Kier alpha value is -2.37. The second-order valence-electron chi connectivity index (χ2n) is 11.1. The third kappa shape index (κ3) is 6.61. The number of benzene rings is 2. The topological polar surface area (TPSA) is 49.9 Å². The van der Waals surface area contributed by atoms with Crippen LogP contribution in [-0.4, -0.2) is 54.8 Å².